The number of nitrogens with one attached hydrogen (secondary N) is 2. The van der Waals surface area contributed by atoms with Crippen molar-refractivity contribution in [2.75, 3.05) is 9.44 Å². The second-order valence-corrected chi connectivity index (χ2v) is 13.0. The summed E-state index contributed by atoms with van der Waals surface area (Å²) in [5.41, 5.74) is 1.80. The van der Waals surface area contributed by atoms with Crippen LogP contribution in [-0.4, -0.2) is 31.8 Å². The highest BCUT2D eigenvalue weighted by atomic mass is 32.2. The first-order valence-corrected chi connectivity index (χ1v) is 15.2. The molecular weight excluding hydrogens is 522 g/mol. The molecule has 1 aliphatic rings. The van der Waals surface area contributed by atoms with Gasteiger partial charge >= 0.3 is 0 Å². The zero-order chi connectivity index (χ0) is 25.5. The van der Waals surface area contributed by atoms with E-state index in [1.54, 1.807) is 24.7 Å². The molecule has 0 radical (unpaired) electrons. The van der Waals surface area contributed by atoms with Gasteiger partial charge in [-0.1, -0.05) is 24.1 Å². The first-order valence-electron chi connectivity index (χ1n) is 11.4. The number of aryl methyl sites for hydroxylation is 1. The third-order valence-corrected chi connectivity index (χ3v) is 9.85. The Morgan fingerprint density at radius 2 is 1.72 bits per heavy atom. The van der Waals surface area contributed by atoms with E-state index < -0.39 is 20.0 Å². The zero-order valence-corrected chi connectivity index (χ0v) is 22.1. The van der Waals surface area contributed by atoms with Crippen molar-refractivity contribution in [1.82, 2.24) is 14.9 Å². The summed E-state index contributed by atoms with van der Waals surface area (Å²) in [6.07, 6.45) is 5.72. The molecule has 3 heterocycles. The Bertz CT molecular complexity index is 1580. The predicted octanol–water partition coefficient (Wildman–Crippen LogP) is 4.93. The van der Waals surface area contributed by atoms with Crippen LogP contribution in [0, 0.1) is 13.8 Å². The Kier molecular flexibility index (Phi) is 6.39. The Morgan fingerprint density at radius 3 is 2.33 bits per heavy atom. The van der Waals surface area contributed by atoms with Crippen LogP contribution in [0.25, 0.3) is 10.6 Å². The summed E-state index contributed by atoms with van der Waals surface area (Å²) in [5, 5.41) is 10.3. The Labute approximate surface area is 213 Å². The monoisotopic (exact) mass is 547 g/mol. The van der Waals surface area contributed by atoms with Crippen LogP contribution in [0.15, 0.2) is 62.3 Å². The lowest BCUT2D eigenvalue weighted by molar-refractivity contribution is 0.430. The third kappa shape index (κ3) is 4.77. The lowest BCUT2D eigenvalue weighted by Crippen LogP contribution is -2.15. The van der Waals surface area contributed by atoms with Crippen molar-refractivity contribution in [2.45, 2.75) is 55.4 Å². The second kappa shape index (κ2) is 9.37. The van der Waals surface area contributed by atoms with Gasteiger partial charge in [0.15, 0.2) is 0 Å². The number of hydrogen-bond donors (Lipinski definition) is 2. The standard InChI is InChI=1S/C23H25N5O5S3/c1-15-16(2)25-33-23(15)27-35(29,30)19-11-9-17(10-12-19)26-36(31,32)21-14-28(18-6-3-4-7-18)24-22(21)20-8-5-13-34-20/h5,8-14,18,26-27H,3-4,6-7H2,1-2H3. The Hall–Kier alpha value is -3.16. The molecular formula is C23H25N5O5S3. The van der Waals surface area contributed by atoms with Crippen LogP contribution in [0.3, 0.4) is 0 Å². The maximum atomic E-state index is 13.4. The van der Waals surface area contributed by atoms with E-state index >= 15 is 0 Å². The normalized spacial score (nSPS) is 14.8. The minimum absolute atomic E-state index is 0.0395. The fourth-order valence-electron chi connectivity index (χ4n) is 4.12. The van der Waals surface area contributed by atoms with Gasteiger partial charge in [0, 0.05) is 17.4 Å². The van der Waals surface area contributed by atoms with Crippen molar-refractivity contribution in [3.63, 3.8) is 0 Å². The molecule has 1 fully saturated rings. The molecule has 0 bridgehead atoms. The van der Waals surface area contributed by atoms with Gasteiger partial charge in [0.2, 0.25) is 5.88 Å². The van der Waals surface area contributed by atoms with E-state index in [0.29, 0.717) is 17.0 Å². The van der Waals surface area contributed by atoms with Crippen molar-refractivity contribution in [1.29, 1.82) is 0 Å². The van der Waals surface area contributed by atoms with E-state index in [1.807, 2.05) is 17.5 Å². The first-order chi connectivity index (χ1) is 17.1. The molecule has 2 N–H and O–H groups in total. The minimum atomic E-state index is -3.99. The van der Waals surface area contributed by atoms with E-state index in [-0.39, 0.29) is 27.4 Å². The Morgan fingerprint density at radius 1 is 1.00 bits per heavy atom. The van der Waals surface area contributed by atoms with Gasteiger partial charge in [-0.3, -0.25) is 9.40 Å². The summed E-state index contributed by atoms with van der Waals surface area (Å²) in [7, 11) is -7.94. The maximum absolute atomic E-state index is 13.4. The van der Waals surface area contributed by atoms with Gasteiger partial charge in [-0.05, 0) is 62.4 Å². The summed E-state index contributed by atoms with van der Waals surface area (Å²) in [6, 6.07) is 9.32. The average molecular weight is 548 g/mol. The molecule has 1 aromatic carbocycles. The molecule has 0 amide bonds. The summed E-state index contributed by atoms with van der Waals surface area (Å²) in [5.74, 6) is 0.0395. The molecule has 4 aromatic rings. The lowest BCUT2D eigenvalue weighted by Gasteiger charge is -2.10. The molecule has 0 aliphatic heterocycles. The largest absolute Gasteiger partial charge is 0.337 e. The third-order valence-electron chi connectivity index (χ3n) is 6.24. The summed E-state index contributed by atoms with van der Waals surface area (Å²) >= 11 is 1.42. The fourth-order valence-corrected chi connectivity index (χ4v) is 7.16. The van der Waals surface area contributed by atoms with Crippen LogP contribution >= 0.6 is 11.3 Å². The maximum Gasteiger partial charge on any atom is 0.265 e. The quantitative estimate of drug-likeness (QED) is 0.319. The van der Waals surface area contributed by atoms with Crippen LogP contribution in [0.2, 0.25) is 0 Å². The minimum Gasteiger partial charge on any atom is -0.337 e. The van der Waals surface area contributed by atoms with Gasteiger partial charge in [-0.25, -0.2) is 21.6 Å². The van der Waals surface area contributed by atoms with E-state index in [4.69, 9.17) is 4.52 Å². The van der Waals surface area contributed by atoms with Crippen molar-refractivity contribution < 1.29 is 21.4 Å². The molecule has 3 aromatic heterocycles. The molecule has 0 unspecified atom stereocenters. The van der Waals surface area contributed by atoms with Crippen LogP contribution in [0.4, 0.5) is 11.6 Å². The molecule has 36 heavy (non-hydrogen) atoms. The van der Waals surface area contributed by atoms with Crippen molar-refractivity contribution in [2.24, 2.45) is 0 Å². The van der Waals surface area contributed by atoms with Crippen LogP contribution in [0.5, 0.6) is 0 Å². The second-order valence-electron chi connectivity index (χ2n) is 8.70. The van der Waals surface area contributed by atoms with Gasteiger partial charge in [-0.2, -0.15) is 5.10 Å². The molecule has 1 saturated carbocycles. The van der Waals surface area contributed by atoms with Gasteiger partial charge in [-0.15, -0.1) is 11.3 Å². The first kappa shape index (κ1) is 24.5. The van der Waals surface area contributed by atoms with Gasteiger partial charge in [0.05, 0.1) is 21.5 Å². The molecule has 0 atom stereocenters. The van der Waals surface area contributed by atoms with E-state index in [2.05, 4.69) is 19.7 Å². The number of nitrogens with zero attached hydrogens (tertiary/aromatic N) is 3. The molecule has 190 valence electrons. The van der Waals surface area contributed by atoms with Crippen molar-refractivity contribution in [3.8, 4) is 10.6 Å². The fraction of sp³-hybridized carbons (Fsp3) is 0.304. The SMILES string of the molecule is Cc1noc(NS(=O)(=O)c2ccc(NS(=O)(=O)c3cn(C4CCCC4)nc3-c3cccs3)cc2)c1C. The molecule has 1 aliphatic carbocycles. The molecule has 13 heteroatoms. The van der Waals surface area contributed by atoms with Crippen LogP contribution in [0.1, 0.15) is 43.0 Å². The highest BCUT2D eigenvalue weighted by molar-refractivity contribution is 7.93. The van der Waals surface area contributed by atoms with Gasteiger partial charge in [0.1, 0.15) is 10.6 Å². The highest BCUT2D eigenvalue weighted by Gasteiger charge is 2.28. The number of hydrogen-bond acceptors (Lipinski definition) is 8. The van der Waals surface area contributed by atoms with E-state index in [9.17, 15) is 16.8 Å². The summed E-state index contributed by atoms with van der Waals surface area (Å²) < 4.78 is 64.0. The Balaban J connectivity index is 1.40. The average Bonchev–Trinajstić information content (AvgIpc) is 3.64. The molecule has 0 saturated heterocycles. The van der Waals surface area contributed by atoms with Crippen LogP contribution < -0.4 is 9.44 Å². The summed E-state index contributed by atoms with van der Waals surface area (Å²) in [6.45, 7) is 3.40. The molecule has 0 spiro atoms. The zero-order valence-electron chi connectivity index (χ0n) is 19.6. The molecule has 10 nitrogen and oxygen atoms in total. The number of thiophene rings is 1. The van der Waals surface area contributed by atoms with Crippen molar-refractivity contribution >= 4 is 43.0 Å². The smallest absolute Gasteiger partial charge is 0.265 e. The van der Waals surface area contributed by atoms with Gasteiger partial charge < -0.3 is 4.52 Å². The molecule has 5 rings (SSSR count). The van der Waals surface area contributed by atoms with Crippen molar-refractivity contribution in [3.05, 3.63) is 59.2 Å². The number of sulfonamides is 2. The lowest BCUT2D eigenvalue weighted by atomic mass is 10.3. The summed E-state index contributed by atoms with van der Waals surface area (Å²) in [4.78, 5) is 0.802. The van der Waals surface area contributed by atoms with Gasteiger partial charge in [0.25, 0.3) is 20.0 Å². The number of benzene rings is 1. The topological polar surface area (TPSA) is 136 Å². The highest BCUT2D eigenvalue weighted by Crippen LogP contribution is 2.35. The number of anilines is 2. The van der Waals surface area contributed by atoms with E-state index in [1.165, 1.54) is 35.6 Å². The van der Waals surface area contributed by atoms with E-state index in [0.717, 1.165) is 30.6 Å². The number of aromatic nitrogens is 3. The predicted molar refractivity (Wildman–Crippen MR) is 137 cm³/mol. The number of rotatable bonds is 8. The van der Waals surface area contributed by atoms with Crippen LogP contribution in [-0.2, 0) is 20.0 Å².